The molecule has 3 aromatic rings. The normalized spacial score (nSPS) is 15.4. The van der Waals surface area contributed by atoms with E-state index in [0.29, 0.717) is 12.2 Å². The molecule has 1 aliphatic rings. The van der Waals surface area contributed by atoms with Crippen molar-refractivity contribution < 1.29 is 4.79 Å². The highest BCUT2D eigenvalue weighted by atomic mass is 16.1. The lowest BCUT2D eigenvalue weighted by molar-refractivity contribution is -0.115. The van der Waals surface area contributed by atoms with E-state index in [-0.39, 0.29) is 5.78 Å². The first-order chi connectivity index (χ1) is 11.3. The van der Waals surface area contributed by atoms with Gasteiger partial charge in [0.25, 0.3) is 0 Å². The molecule has 1 aliphatic carbocycles. The lowest BCUT2D eigenvalue weighted by atomic mass is 9.88. The van der Waals surface area contributed by atoms with Gasteiger partial charge in [-0.05, 0) is 37.0 Å². The maximum absolute atomic E-state index is 12.2. The zero-order valence-electron chi connectivity index (χ0n) is 13.0. The average molecular weight is 303 g/mol. The summed E-state index contributed by atoms with van der Waals surface area (Å²) in [6.07, 6.45) is 6.16. The number of ketones is 1. The maximum Gasteiger partial charge on any atom is 0.234 e. The van der Waals surface area contributed by atoms with Crippen molar-refractivity contribution in [2.24, 2.45) is 0 Å². The first-order valence-electron chi connectivity index (χ1n) is 7.87. The van der Waals surface area contributed by atoms with E-state index >= 15 is 0 Å². The standard InChI is InChI=1S/C19H17N3O/c1-13-15(9-5-10-16(13)23)18-17(14-7-3-2-4-8-14)21-19-20-11-6-12-22(18)19/h2-4,6-8,11-12H,5,9-10H2,1H3. The largest absolute Gasteiger partial charge is 0.295 e. The van der Waals surface area contributed by atoms with Crippen molar-refractivity contribution in [2.75, 3.05) is 0 Å². The van der Waals surface area contributed by atoms with E-state index in [4.69, 9.17) is 4.98 Å². The molecule has 0 saturated carbocycles. The van der Waals surface area contributed by atoms with Crippen molar-refractivity contribution in [2.45, 2.75) is 26.2 Å². The summed E-state index contributed by atoms with van der Waals surface area (Å²) in [6, 6.07) is 12.0. The molecule has 0 N–H and O–H groups in total. The molecule has 114 valence electrons. The number of hydrogen-bond donors (Lipinski definition) is 0. The maximum atomic E-state index is 12.2. The van der Waals surface area contributed by atoms with Gasteiger partial charge in [-0.15, -0.1) is 0 Å². The summed E-state index contributed by atoms with van der Waals surface area (Å²) < 4.78 is 2.00. The molecule has 0 amide bonds. The fourth-order valence-electron chi connectivity index (χ4n) is 3.24. The van der Waals surface area contributed by atoms with Crippen LogP contribution in [-0.4, -0.2) is 20.2 Å². The van der Waals surface area contributed by atoms with Crippen molar-refractivity contribution in [1.29, 1.82) is 0 Å². The van der Waals surface area contributed by atoms with Crippen molar-refractivity contribution in [3.63, 3.8) is 0 Å². The van der Waals surface area contributed by atoms with Crippen molar-refractivity contribution in [3.8, 4) is 11.3 Å². The topological polar surface area (TPSA) is 47.3 Å². The van der Waals surface area contributed by atoms with Crippen LogP contribution in [0.2, 0.25) is 0 Å². The average Bonchev–Trinajstić information content (AvgIpc) is 2.97. The number of fused-ring (bicyclic) bond motifs is 1. The number of Topliss-reactive ketones (excluding diaryl/α,β-unsaturated/α-hetero) is 1. The molecule has 0 fully saturated rings. The summed E-state index contributed by atoms with van der Waals surface area (Å²) in [7, 11) is 0. The molecule has 0 aliphatic heterocycles. The zero-order valence-corrected chi connectivity index (χ0v) is 13.0. The zero-order chi connectivity index (χ0) is 15.8. The molecule has 1 aromatic carbocycles. The second kappa shape index (κ2) is 5.47. The number of nitrogens with zero attached hydrogens (tertiary/aromatic N) is 3. The van der Waals surface area contributed by atoms with Crippen LogP contribution < -0.4 is 0 Å². The summed E-state index contributed by atoms with van der Waals surface area (Å²) in [5.41, 5.74) is 4.91. The molecular formula is C19H17N3O. The number of benzene rings is 1. The lowest BCUT2D eigenvalue weighted by Crippen LogP contribution is -2.10. The lowest BCUT2D eigenvalue weighted by Gasteiger charge is -2.18. The van der Waals surface area contributed by atoms with E-state index in [1.54, 1.807) is 6.20 Å². The van der Waals surface area contributed by atoms with Crippen LogP contribution in [0.3, 0.4) is 0 Å². The van der Waals surface area contributed by atoms with Crippen LogP contribution in [0.4, 0.5) is 0 Å². The van der Waals surface area contributed by atoms with E-state index in [0.717, 1.165) is 40.9 Å². The fraction of sp³-hybridized carbons (Fsp3) is 0.211. The third-order valence-corrected chi connectivity index (χ3v) is 4.44. The van der Waals surface area contributed by atoms with Crippen LogP contribution >= 0.6 is 0 Å². The van der Waals surface area contributed by atoms with E-state index in [1.165, 1.54) is 0 Å². The smallest absolute Gasteiger partial charge is 0.234 e. The Morgan fingerprint density at radius 1 is 1.09 bits per heavy atom. The SMILES string of the molecule is CC1=C(c2c(-c3ccccc3)nc3ncccn23)CCCC1=O. The van der Waals surface area contributed by atoms with Gasteiger partial charge >= 0.3 is 0 Å². The molecule has 0 unspecified atom stereocenters. The third kappa shape index (κ3) is 2.27. The highest BCUT2D eigenvalue weighted by Gasteiger charge is 2.24. The van der Waals surface area contributed by atoms with Gasteiger partial charge < -0.3 is 0 Å². The van der Waals surface area contributed by atoms with Crippen LogP contribution in [0.15, 0.2) is 54.4 Å². The highest BCUT2D eigenvalue weighted by molar-refractivity contribution is 6.04. The Balaban J connectivity index is 2.05. The molecule has 0 atom stereocenters. The Morgan fingerprint density at radius 2 is 1.91 bits per heavy atom. The van der Waals surface area contributed by atoms with Gasteiger partial charge in [0.1, 0.15) is 0 Å². The Hall–Kier alpha value is -2.75. The Labute approximate surface area is 134 Å². The first kappa shape index (κ1) is 13.9. The van der Waals surface area contributed by atoms with E-state index in [1.807, 2.05) is 53.9 Å². The van der Waals surface area contributed by atoms with Crippen LogP contribution in [0, 0.1) is 0 Å². The molecule has 4 rings (SSSR count). The molecular weight excluding hydrogens is 286 g/mol. The minimum atomic E-state index is 0.240. The number of carbonyl (C=O) groups is 1. The van der Waals surface area contributed by atoms with Gasteiger partial charge in [-0.25, -0.2) is 9.97 Å². The number of imidazole rings is 1. The highest BCUT2D eigenvalue weighted by Crippen LogP contribution is 2.36. The minimum absolute atomic E-state index is 0.240. The molecule has 0 spiro atoms. The molecule has 2 aromatic heterocycles. The van der Waals surface area contributed by atoms with Gasteiger partial charge in [0.2, 0.25) is 5.78 Å². The van der Waals surface area contributed by atoms with Crippen LogP contribution in [0.5, 0.6) is 0 Å². The summed E-state index contributed by atoms with van der Waals surface area (Å²) in [4.78, 5) is 21.3. The number of carbonyl (C=O) groups excluding carboxylic acids is 1. The van der Waals surface area contributed by atoms with Gasteiger partial charge in [0.15, 0.2) is 5.78 Å². The fourth-order valence-corrected chi connectivity index (χ4v) is 3.24. The number of rotatable bonds is 2. The predicted molar refractivity (Wildman–Crippen MR) is 89.9 cm³/mol. The molecule has 4 heteroatoms. The van der Waals surface area contributed by atoms with Gasteiger partial charge in [0, 0.05) is 24.4 Å². The minimum Gasteiger partial charge on any atom is -0.295 e. The van der Waals surface area contributed by atoms with Crippen molar-refractivity contribution in [1.82, 2.24) is 14.4 Å². The second-order valence-electron chi connectivity index (χ2n) is 5.85. The second-order valence-corrected chi connectivity index (χ2v) is 5.85. The Kier molecular flexibility index (Phi) is 3.30. The summed E-state index contributed by atoms with van der Waals surface area (Å²) in [6.45, 7) is 1.93. The third-order valence-electron chi connectivity index (χ3n) is 4.44. The number of aromatic nitrogens is 3. The van der Waals surface area contributed by atoms with Crippen LogP contribution in [0.25, 0.3) is 22.6 Å². The molecule has 0 saturated heterocycles. The molecule has 4 nitrogen and oxygen atoms in total. The predicted octanol–water partition coefficient (Wildman–Crippen LogP) is 3.92. The van der Waals surface area contributed by atoms with Crippen LogP contribution in [0.1, 0.15) is 31.9 Å². The summed E-state index contributed by atoms with van der Waals surface area (Å²) in [5.74, 6) is 0.906. The summed E-state index contributed by atoms with van der Waals surface area (Å²) >= 11 is 0. The van der Waals surface area contributed by atoms with Gasteiger partial charge in [0.05, 0.1) is 11.4 Å². The molecule has 0 radical (unpaired) electrons. The summed E-state index contributed by atoms with van der Waals surface area (Å²) in [5, 5.41) is 0. The van der Waals surface area contributed by atoms with E-state index < -0.39 is 0 Å². The monoisotopic (exact) mass is 303 g/mol. The molecule has 23 heavy (non-hydrogen) atoms. The quantitative estimate of drug-likeness (QED) is 0.721. The van der Waals surface area contributed by atoms with E-state index in [9.17, 15) is 4.79 Å². The molecule has 2 heterocycles. The molecule has 0 bridgehead atoms. The number of allylic oxidation sites excluding steroid dienone is 2. The number of hydrogen-bond acceptors (Lipinski definition) is 3. The van der Waals surface area contributed by atoms with Crippen molar-refractivity contribution >= 4 is 17.1 Å². The Bertz CT molecular complexity index is 922. The van der Waals surface area contributed by atoms with E-state index in [2.05, 4.69) is 4.98 Å². The first-order valence-corrected chi connectivity index (χ1v) is 7.87. The van der Waals surface area contributed by atoms with Crippen molar-refractivity contribution in [3.05, 3.63) is 60.1 Å². The Morgan fingerprint density at radius 3 is 2.74 bits per heavy atom. The van der Waals surface area contributed by atoms with Gasteiger partial charge in [-0.1, -0.05) is 30.3 Å². The van der Waals surface area contributed by atoms with Gasteiger partial charge in [-0.3, -0.25) is 9.20 Å². The van der Waals surface area contributed by atoms with Gasteiger partial charge in [-0.2, -0.15) is 0 Å². The van der Waals surface area contributed by atoms with Crippen LogP contribution in [-0.2, 0) is 4.79 Å².